The minimum atomic E-state index is -0.439. The number of aryl methyl sites for hydroxylation is 1. The van der Waals surface area contributed by atoms with Gasteiger partial charge in [0.05, 0.1) is 6.54 Å². The fraction of sp³-hybridized carbons (Fsp3) is 0.156. The molecular weight excluding hydrogens is 414 g/mol. The monoisotopic (exact) mass is 441 g/mol. The van der Waals surface area contributed by atoms with E-state index in [1.165, 1.54) is 38.2 Å². The molecule has 1 heterocycles. The zero-order chi connectivity index (χ0) is 23.0. The van der Waals surface area contributed by atoms with Crippen LogP contribution in [0.3, 0.4) is 0 Å². The molecule has 1 aliphatic heterocycles. The fourth-order valence-electron chi connectivity index (χ4n) is 5.27. The summed E-state index contributed by atoms with van der Waals surface area (Å²) in [5, 5.41) is 5.10. The molecular formula is C32H27NO. The highest BCUT2D eigenvalue weighted by atomic mass is 16.5. The van der Waals surface area contributed by atoms with Crippen LogP contribution in [0, 0.1) is 6.92 Å². The fourth-order valence-corrected chi connectivity index (χ4v) is 5.27. The summed E-state index contributed by atoms with van der Waals surface area (Å²) in [6, 6.07) is 38.7. The topological polar surface area (TPSA) is 21.6 Å². The normalized spacial score (nSPS) is 14.8. The van der Waals surface area contributed by atoms with Crippen LogP contribution in [0.2, 0.25) is 0 Å². The van der Waals surface area contributed by atoms with Crippen molar-refractivity contribution in [3.63, 3.8) is 0 Å². The highest BCUT2D eigenvalue weighted by molar-refractivity contribution is 5.97. The van der Waals surface area contributed by atoms with Gasteiger partial charge in [-0.05, 0) is 51.2 Å². The molecule has 5 aromatic carbocycles. The number of ether oxygens (including phenoxy) is 1. The molecule has 0 spiro atoms. The van der Waals surface area contributed by atoms with Crippen LogP contribution in [-0.2, 0) is 17.6 Å². The third-order valence-corrected chi connectivity index (χ3v) is 6.98. The van der Waals surface area contributed by atoms with Crippen LogP contribution in [-0.4, -0.2) is 18.0 Å². The molecule has 0 atom stereocenters. The summed E-state index contributed by atoms with van der Waals surface area (Å²) in [5.41, 5.74) is 4.44. The third kappa shape index (κ3) is 3.76. The van der Waals surface area contributed by atoms with Crippen molar-refractivity contribution in [3.05, 3.63) is 131 Å². The lowest BCUT2D eigenvalue weighted by Crippen LogP contribution is -2.39. The van der Waals surface area contributed by atoms with Gasteiger partial charge >= 0.3 is 0 Å². The number of hydrogen-bond acceptors (Lipinski definition) is 2. The van der Waals surface area contributed by atoms with Crippen LogP contribution in [0.4, 0.5) is 0 Å². The summed E-state index contributed by atoms with van der Waals surface area (Å²) in [6.07, 6.45) is 1.60. The number of benzene rings is 5. The molecule has 0 N–H and O–H groups in total. The van der Waals surface area contributed by atoms with Gasteiger partial charge in [0.25, 0.3) is 0 Å². The Morgan fingerprint density at radius 3 is 1.79 bits per heavy atom. The van der Waals surface area contributed by atoms with E-state index in [4.69, 9.17) is 9.73 Å². The molecule has 0 fully saturated rings. The Morgan fingerprint density at radius 1 is 0.647 bits per heavy atom. The quantitative estimate of drug-likeness (QED) is 0.280. The second-order valence-electron chi connectivity index (χ2n) is 9.35. The molecule has 0 saturated carbocycles. The second-order valence-corrected chi connectivity index (χ2v) is 9.35. The molecule has 34 heavy (non-hydrogen) atoms. The Labute approximate surface area is 200 Å². The molecule has 0 aliphatic carbocycles. The maximum absolute atomic E-state index is 6.87. The predicted octanol–water partition coefficient (Wildman–Crippen LogP) is 7.30. The van der Waals surface area contributed by atoms with E-state index >= 15 is 0 Å². The first-order valence-corrected chi connectivity index (χ1v) is 11.9. The lowest BCUT2D eigenvalue weighted by Gasteiger charge is -2.30. The Morgan fingerprint density at radius 2 is 1.18 bits per heavy atom. The van der Waals surface area contributed by atoms with Crippen molar-refractivity contribution in [2.24, 2.45) is 4.99 Å². The summed E-state index contributed by atoms with van der Waals surface area (Å²) < 4.78 is 6.87. The van der Waals surface area contributed by atoms with E-state index in [0.717, 1.165) is 24.3 Å². The van der Waals surface area contributed by atoms with Gasteiger partial charge in [0.1, 0.15) is 5.60 Å². The first-order chi connectivity index (χ1) is 16.7. The molecule has 1 aliphatic rings. The van der Waals surface area contributed by atoms with Gasteiger partial charge in [-0.15, -0.1) is 0 Å². The number of rotatable bonds is 5. The zero-order valence-electron chi connectivity index (χ0n) is 19.4. The van der Waals surface area contributed by atoms with Gasteiger partial charge in [-0.2, -0.15) is 0 Å². The first kappa shape index (κ1) is 20.7. The Bertz CT molecular complexity index is 1440. The minimum absolute atomic E-state index is 0.439. The van der Waals surface area contributed by atoms with E-state index in [9.17, 15) is 0 Å². The maximum Gasteiger partial charge on any atom is 0.217 e. The van der Waals surface area contributed by atoms with Crippen LogP contribution >= 0.6 is 0 Å². The van der Waals surface area contributed by atoms with Crippen molar-refractivity contribution in [3.8, 4) is 0 Å². The largest absolute Gasteiger partial charge is 0.468 e. The Kier molecular flexibility index (Phi) is 5.15. The van der Waals surface area contributed by atoms with E-state index in [1.807, 2.05) is 0 Å². The van der Waals surface area contributed by atoms with Gasteiger partial charge in [-0.25, -0.2) is 4.99 Å². The average molecular weight is 442 g/mol. The first-order valence-electron chi connectivity index (χ1n) is 11.9. The van der Waals surface area contributed by atoms with Crippen LogP contribution in [0.5, 0.6) is 0 Å². The van der Waals surface area contributed by atoms with E-state index in [1.54, 1.807) is 0 Å². The zero-order valence-corrected chi connectivity index (χ0v) is 19.4. The van der Waals surface area contributed by atoms with E-state index < -0.39 is 5.60 Å². The molecule has 2 nitrogen and oxygen atoms in total. The van der Waals surface area contributed by atoms with Crippen molar-refractivity contribution in [1.82, 2.24) is 0 Å². The average Bonchev–Trinajstić information content (AvgIpc) is 3.28. The predicted molar refractivity (Wildman–Crippen MR) is 142 cm³/mol. The van der Waals surface area contributed by atoms with Gasteiger partial charge in [-0.3, -0.25) is 0 Å². The van der Waals surface area contributed by atoms with Crippen LogP contribution < -0.4 is 0 Å². The van der Waals surface area contributed by atoms with E-state index in [-0.39, 0.29) is 0 Å². The van der Waals surface area contributed by atoms with Crippen molar-refractivity contribution in [2.75, 3.05) is 6.54 Å². The molecule has 6 rings (SSSR count). The number of nitrogens with zero attached hydrogens (tertiary/aromatic N) is 1. The number of hydrogen-bond donors (Lipinski definition) is 0. The second kappa shape index (κ2) is 8.46. The summed E-state index contributed by atoms with van der Waals surface area (Å²) in [5.74, 6) is 0.763. The number of aliphatic imine (C=N–C) groups is 1. The van der Waals surface area contributed by atoms with Crippen molar-refractivity contribution < 1.29 is 4.74 Å². The molecule has 2 heteroatoms. The molecule has 0 radical (unpaired) electrons. The van der Waals surface area contributed by atoms with Gasteiger partial charge in [0.15, 0.2) is 0 Å². The molecule has 0 bridgehead atoms. The third-order valence-electron chi connectivity index (χ3n) is 6.98. The Balaban J connectivity index is 1.43. The van der Waals surface area contributed by atoms with Gasteiger partial charge in [0.2, 0.25) is 5.90 Å². The van der Waals surface area contributed by atoms with Crippen LogP contribution in [0.15, 0.2) is 114 Å². The smallest absolute Gasteiger partial charge is 0.217 e. The molecule has 0 saturated heterocycles. The summed E-state index contributed by atoms with van der Waals surface area (Å²) >= 11 is 0. The molecule has 166 valence electrons. The summed E-state index contributed by atoms with van der Waals surface area (Å²) in [7, 11) is 0. The van der Waals surface area contributed by atoms with Gasteiger partial charge in [0, 0.05) is 18.4 Å². The Hall–Kier alpha value is -3.91. The summed E-state index contributed by atoms with van der Waals surface area (Å²) in [4.78, 5) is 4.97. The van der Waals surface area contributed by atoms with Crippen molar-refractivity contribution in [1.29, 1.82) is 0 Å². The highest BCUT2D eigenvalue weighted by Gasteiger charge is 2.40. The van der Waals surface area contributed by atoms with Crippen molar-refractivity contribution in [2.45, 2.75) is 25.4 Å². The number of fused-ring (bicyclic) bond motifs is 2. The van der Waals surface area contributed by atoms with Crippen LogP contribution in [0.25, 0.3) is 21.5 Å². The van der Waals surface area contributed by atoms with Gasteiger partial charge in [-0.1, -0.05) is 103 Å². The highest BCUT2D eigenvalue weighted by Crippen LogP contribution is 2.34. The van der Waals surface area contributed by atoms with Crippen LogP contribution in [0.1, 0.15) is 22.3 Å². The maximum atomic E-state index is 6.87. The SMILES string of the molecule is Cc1ccccc1C1=NCC(Cc2cccc3ccccc23)(Cc2cccc3ccccc23)O1. The molecule has 0 aromatic heterocycles. The molecule has 5 aromatic rings. The minimum Gasteiger partial charge on any atom is -0.468 e. The van der Waals surface area contributed by atoms with E-state index in [2.05, 4.69) is 116 Å². The van der Waals surface area contributed by atoms with Gasteiger partial charge < -0.3 is 4.74 Å². The summed E-state index contributed by atoms with van der Waals surface area (Å²) in [6.45, 7) is 2.76. The standard InChI is InChI=1S/C32H27NO/c1-23-10-2-5-17-28(23)31-33-22-32(34-31,20-26-15-8-13-24-11-3-6-18-29(24)26)21-27-16-9-14-25-12-4-7-19-30(25)27/h2-19H,20-22H2,1H3. The molecule has 0 amide bonds. The molecule has 0 unspecified atom stereocenters. The lowest BCUT2D eigenvalue weighted by molar-refractivity contribution is 0.0893. The van der Waals surface area contributed by atoms with Crippen molar-refractivity contribution >= 4 is 27.4 Å². The van der Waals surface area contributed by atoms with E-state index in [0.29, 0.717) is 6.54 Å². The lowest BCUT2D eigenvalue weighted by atomic mass is 9.85.